The normalized spacial score (nSPS) is 14.9. The van der Waals surface area contributed by atoms with E-state index in [1.165, 1.54) is 40.9 Å². The number of halogens is 1. The number of carbonyl (C=O) groups excluding carboxylic acids is 2. The largest absolute Gasteiger partial charge is 0.350 e. The van der Waals surface area contributed by atoms with Gasteiger partial charge >= 0.3 is 0 Å². The molecule has 0 radical (unpaired) electrons. The molecule has 1 aliphatic heterocycles. The van der Waals surface area contributed by atoms with E-state index in [0.717, 1.165) is 0 Å². The number of amides is 2. The summed E-state index contributed by atoms with van der Waals surface area (Å²) >= 11 is 6.34. The Kier molecular flexibility index (Phi) is 4.49. The van der Waals surface area contributed by atoms with E-state index < -0.39 is 0 Å². The molecule has 0 atom stereocenters. The second kappa shape index (κ2) is 6.12. The lowest BCUT2D eigenvalue weighted by atomic mass is 10.2. The first-order valence-corrected chi connectivity index (χ1v) is 6.98. The van der Waals surface area contributed by atoms with Crippen molar-refractivity contribution < 1.29 is 14.0 Å². The van der Waals surface area contributed by atoms with Gasteiger partial charge in [-0.25, -0.2) is 4.39 Å². The van der Waals surface area contributed by atoms with Crippen LogP contribution in [0, 0.1) is 5.82 Å². The average Bonchev–Trinajstić information content (AvgIpc) is 2.71. The Balaban J connectivity index is 1.82. The zero-order valence-corrected chi connectivity index (χ0v) is 11.5. The molecule has 1 saturated heterocycles. The maximum absolute atomic E-state index is 12.7. The van der Waals surface area contributed by atoms with Gasteiger partial charge < -0.3 is 5.32 Å². The van der Waals surface area contributed by atoms with E-state index in [0.29, 0.717) is 28.7 Å². The molecule has 1 fully saturated rings. The second-order valence-corrected chi connectivity index (χ2v) is 5.47. The van der Waals surface area contributed by atoms with Crippen LogP contribution >= 0.6 is 24.0 Å². The fourth-order valence-electron chi connectivity index (χ4n) is 1.58. The number of benzene rings is 1. The van der Waals surface area contributed by atoms with E-state index in [1.807, 2.05) is 0 Å². The molecule has 4 nitrogen and oxygen atoms in total. The molecular formula is C12H11FN2O2S2. The summed E-state index contributed by atoms with van der Waals surface area (Å²) in [6.45, 7) is 0.667. The van der Waals surface area contributed by atoms with Crippen molar-refractivity contribution in [3.63, 3.8) is 0 Å². The van der Waals surface area contributed by atoms with Gasteiger partial charge in [0.15, 0.2) is 0 Å². The molecule has 7 heteroatoms. The summed E-state index contributed by atoms with van der Waals surface area (Å²) < 4.78 is 13.2. The van der Waals surface area contributed by atoms with E-state index in [9.17, 15) is 14.0 Å². The van der Waals surface area contributed by atoms with Crippen LogP contribution in [0.15, 0.2) is 24.3 Å². The molecule has 0 spiro atoms. The van der Waals surface area contributed by atoms with E-state index in [-0.39, 0.29) is 17.6 Å². The maximum atomic E-state index is 12.7. The van der Waals surface area contributed by atoms with Gasteiger partial charge in [-0.15, -0.1) is 0 Å². The molecule has 2 rings (SSSR count). The molecule has 0 aromatic heterocycles. The Labute approximate surface area is 119 Å². The van der Waals surface area contributed by atoms with Gasteiger partial charge in [0.25, 0.3) is 5.91 Å². The first-order chi connectivity index (χ1) is 9.08. The van der Waals surface area contributed by atoms with Crippen molar-refractivity contribution in [1.29, 1.82) is 0 Å². The quantitative estimate of drug-likeness (QED) is 0.854. The lowest BCUT2D eigenvalue weighted by Gasteiger charge is -2.15. The Bertz CT molecular complexity index is 503. The maximum Gasteiger partial charge on any atom is 0.251 e. The molecule has 19 heavy (non-hydrogen) atoms. The van der Waals surface area contributed by atoms with Gasteiger partial charge in [0.1, 0.15) is 10.1 Å². The average molecular weight is 298 g/mol. The van der Waals surface area contributed by atoms with E-state index in [1.54, 1.807) is 0 Å². The molecule has 1 aromatic carbocycles. The molecule has 0 unspecified atom stereocenters. The van der Waals surface area contributed by atoms with Crippen molar-refractivity contribution in [1.82, 2.24) is 10.2 Å². The number of hydrogen-bond acceptors (Lipinski definition) is 4. The Morgan fingerprint density at radius 3 is 2.68 bits per heavy atom. The van der Waals surface area contributed by atoms with Crippen LogP contribution < -0.4 is 5.32 Å². The monoisotopic (exact) mass is 298 g/mol. The van der Waals surface area contributed by atoms with E-state index in [2.05, 4.69) is 5.32 Å². The SMILES string of the molecule is O=C(NCCN1C(=O)CSC1=S)c1ccc(F)cc1. The van der Waals surface area contributed by atoms with Crippen molar-refractivity contribution >= 4 is 40.1 Å². The number of hydrogen-bond donors (Lipinski definition) is 1. The van der Waals surface area contributed by atoms with Crippen LogP contribution in [0.1, 0.15) is 10.4 Å². The fourth-order valence-corrected chi connectivity index (χ4v) is 2.70. The highest BCUT2D eigenvalue weighted by atomic mass is 32.2. The number of nitrogens with zero attached hydrogens (tertiary/aromatic N) is 1. The highest BCUT2D eigenvalue weighted by Gasteiger charge is 2.25. The smallest absolute Gasteiger partial charge is 0.251 e. The van der Waals surface area contributed by atoms with Gasteiger partial charge in [-0.05, 0) is 24.3 Å². The van der Waals surface area contributed by atoms with Crippen LogP contribution in [0.4, 0.5) is 4.39 Å². The summed E-state index contributed by atoms with van der Waals surface area (Å²) in [6, 6.07) is 5.27. The van der Waals surface area contributed by atoms with Crippen LogP contribution in [-0.2, 0) is 4.79 Å². The fraction of sp³-hybridized carbons (Fsp3) is 0.250. The van der Waals surface area contributed by atoms with Crippen LogP contribution in [-0.4, -0.2) is 39.9 Å². The second-order valence-electron chi connectivity index (χ2n) is 3.86. The minimum absolute atomic E-state index is 0.0361. The number of thiocarbonyl (C=S) groups is 1. The molecule has 0 bridgehead atoms. The van der Waals surface area contributed by atoms with Gasteiger partial charge in [0.2, 0.25) is 5.91 Å². The van der Waals surface area contributed by atoms with Crippen LogP contribution in [0.5, 0.6) is 0 Å². The van der Waals surface area contributed by atoms with Crippen LogP contribution in [0.2, 0.25) is 0 Å². The third-order valence-electron chi connectivity index (χ3n) is 2.57. The van der Waals surface area contributed by atoms with E-state index >= 15 is 0 Å². The Hall–Kier alpha value is -1.47. The topological polar surface area (TPSA) is 49.4 Å². The highest BCUT2D eigenvalue weighted by molar-refractivity contribution is 8.23. The van der Waals surface area contributed by atoms with Crippen molar-refractivity contribution in [2.75, 3.05) is 18.8 Å². The molecule has 0 saturated carbocycles. The van der Waals surface area contributed by atoms with Gasteiger partial charge in [0, 0.05) is 18.7 Å². The van der Waals surface area contributed by atoms with Crippen molar-refractivity contribution in [3.05, 3.63) is 35.6 Å². The van der Waals surface area contributed by atoms with Crippen molar-refractivity contribution in [3.8, 4) is 0 Å². The minimum atomic E-state index is -0.387. The summed E-state index contributed by atoms with van der Waals surface area (Å²) in [4.78, 5) is 24.6. The van der Waals surface area contributed by atoms with Gasteiger partial charge in [-0.2, -0.15) is 0 Å². The molecule has 2 amide bonds. The molecule has 1 aliphatic rings. The molecule has 100 valence electrons. The first-order valence-electron chi connectivity index (χ1n) is 5.59. The number of rotatable bonds is 4. The van der Waals surface area contributed by atoms with Crippen LogP contribution in [0.3, 0.4) is 0 Å². The summed E-state index contributed by atoms with van der Waals surface area (Å²) in [5, 5.41) is 2.66. The van der Waals surface area contributed by atoms with Gasteiger partial charge in [0.05, 0.1) is 5.75 Å². The summed E-state index contributed by atoms with van der Waals surface area (Å²) in [5.41, 5.74) is 0.381. The van der Waals surface area contributed by atoms with Gasteiger partial charge in [-0.3, -0.25) is 14.5 Å². The molecule has 1 aromatic rings. The number of nitrogens with one attached hydrogen (secondary N) is 1. The molecule has 1 N–H and O–H groups in total. The van der Waals surface area contributed by atoms with Crippen molar-refractivity contribution in [2.45, 2.75) is 0 Å². The zero-order chi connectivity index (χ0) is 13.8. The van der Waals surface area contributed by atoms with Crippen LogP contribution in [0.25, 0.3) is 0 Å². The predicted molar refractivity (Wildman–Crippen MR) is 75.5 cm³/mol. The third kappa shape index (κ3) is 3.51. The lowest BCUT2D eigenvalue weighted by Crippen LogP contribution is -2.37. The first kappa shape index (κ1) is 14.0. The third-order valence-corrected chi connectivity index (χ3v) is 4.00. The molecule has 1 heterocycles. The minimum Gasteiger partial charge on any atom is -0.350 e. The Morgan fingerprint density at radius 1 is 1.42 bits per heavy atom. The molecule has 0 aliphatic carbocycles. The Morgan fingerprint density at radius 2 is 2.11 bits per heavy atom. The predicted octanol–water partition coefficient (Wildman–Crippen LogP) is 1.42. The summed E-state index contributed by atoms with van der Waals surface area (Å²) in [5.74, 6) is -0.358. The summed E-state index contributed by atoms with van der Waals surface area (Å²) in [7, 11) is 0. The van der Waals surface area contributed by atoms with Crippen molar-refractivity contribution in [2.24, 2.45) is 0 Å². The molecular weight excluding hydrogens is 287 g/mol. The lowest BCUT2D eigenvalue weighted by molar-refractivity contribution is -0.123. The summed E-state index contributed by atoms with van der Waals surface area (Å²) in [6.07, 6.45) is 0. The van der Waals surface area contributed by atoms with Gasteiger partial charge in [-0.1, -0.05) is 24.0 Å². The van der Waals surface area contributed by atoms with E-state index in [4.69, 9.17) is 12.2 Å². The number of thioether (sulfide) groups is 1. The number of carbonyl (C=O) groups is 2. The zero-order valence-electron chi connectivity index (χ0n) is 9.89. The highest BCUT2D eigenvalue weighted by Crippen LogP contribution is 2.18. The standard InChI is InChI=1S/C12H11FN2O2S2/c13-9-3-1-8(2-4-9)11(17)14-5-6-15-10(16)7-19-12(15)18/h1-4H,5-7H2,(H,14,17).